The van der Waals surface area contributed by atoms with Crippen LogP contribution in [-0.2, 0) is 0 Å². The van der Waals surface area contributed by atoms with Gasteiger partial charge in [0.15, 0.2) is 0 Å². The molecule has 84 valence electrons. The summed E-state index contributed by atoms with van der Waals surface area (Å²) in [4.78, 5) is 0. The highest BCUT2D eigenvalue weighted by Crippen LogP contribution is 2.17. The van der Waals surface area contributed by atoms with E-state index in [2.05, 4.69) is 47.2 Å². The lowest BCUT2D eigenvalue weighted by atomic mass is 10.1. The highest BCUT2D eigenvalue weighted by atomic mass is 79.9. The molecule has 0 saturated heterocycles. The van der Waals surface area contributed by atoms with Crippen LogP contribution in [0, 0.1) is 0 Å². The molecule has 2 nitrogen and oxygen atoms in total. The zero-order valence-corrected chi connectivity index (χ0v) is 10.8. The molecule has 15 heavy (non-hydrogen) atoms. The number of rotatable bonds is 5. The molecule has 2 unspecified atom stereocenters. The van der Waals surface area contributed by atoms with Crippen molar-refractivity contribution < 1.29 is 5.11 Å². The first-order valence-corrected chi connectivity index (χ1v) is 6.05. The fraction of sp³-hybridized carbons (Fsp3) is 0.500. The second-order valence-electron chi connectivity index (χ2n) is 3.85. The van der Waals surface area contributed by atoms with Gasteiger partial charge in [-0.3, -0.25) is 0 Å². The van der Waals surface area contributed by atoms with Crippen LogP contribution in [-0.4, -0.2) is 17.8 Å². The lowest BCUT2D eigenvalue weighted by molar-refractivity contribution is 0.264. The first-order valence-electron chi connectivity index (χ1n) is 5.26. The van der Waals surface area contributed by atoms with Gasteiger partial charge >= 0.3 is 0 Å². The van der Waals surface area contributed by atoms with Gasteiger partial charge in [-0.25, -0.2) is 0 Å². The van der Waals surface area contributed by atoms with E-state index in [1.807, 2.05) is 12.1 Å². The van der Waals surface area contributed by atoms with Gasteiger partial charge in [0.25, 0.3) is 0 Å². The van der Waals surface area contributed by atoms with Crippen LogP contribution in [0.1, 0.15) is 31.9 Å². The summed E-state index contributed by atoms with van der Waals surface area (Å²) in [6.07, 6.45) is 0.793. The molecule has 0 amide bonds. The third kappa shape index (κ3) is 4.33. The summed E-state index contributed by atoms with van der Waals surface area (Å²) in [7, 11) is 0. The number of hydrogen-bond donors (Lipinski definition) is 2. The van der Waals surface area contributed by atoms with Gasteiger partial charge in [-0.05, 0) is 38.0 Å². The average molecular weight is 272 g/mol. The minimum Gasteiger partial charge on any atom is -0.396 e. The molecule has 0 aromatic heterocycles. The average Bonchev–Trinajstić information content (AvgIpc) is 2.18. The van der Waals surface area contributed by atoms with Crippen LogP contribution in [0.15, 0.2) is 28.7 Å². The summed E-state index contributed by atoms with van der Waals surface area (Å²) < 4.78 is 1.10. The number of nitrogens with one attached hydrogen (secondary N) is 1. The van der Waals surface area contributed by atoms with Crippen molar-refractivity contribution in [1.29, 1.82) is 0 Å². The van der Waals surface area contributed by atoms with Gasteiger partial charge in [0.1, 0.15) is 0 Å². The standard InChI is InChI=1S/C12H18BrNO/c1-9(7-8-15)14-10(2)11-3-5-12(13)6-4-11/h3-6,9-10,14-15H,7-8H2,1-2H3. The van der Waals surface area contributed by atoms with Crippen LogP contribution >= 0.6 is 15.9 Å². The molecular formula is C12H18BrNO. The molecule has 0 spiro atoms. The molecule has 0 saturated carbocycles. The van der Waals surface area contributed by atoms with E-state index in [1.165, 1.54) is 5.56 Å². The maximum atomic E-state index is 8.81. The maximum Gasteiger partial charge on any atom is 0.0445 e. The zero-order chi connectivity index (χ0) is 11.3. The zero-order valence-electron chi connectivity index (χ0n) is 9.20. The molecule has 0 radical (unpaired) electrons. The fourth-order valence-corrected chi connectivity index (χ4v) is 1.82. The van der Waals surface area contributed by atoms with Gasteiger partial charge in [0, 0.05) is 23.2 Å². The van der Waals surface area contributed by atoms with Gasteiger partial charge in [-0.2, -0.15) is 0 Å². The van der Waals surface area contributed by atoms with Crippen LogP contribution in [0.3, 0.4) is 0 Å². The minimum absolute atomic E-state index is 0.237. The fourth-order valence-electron chi connectivity index (χ4n) is 1.55. The van der Waals surface area contributed by atoms with Crippen molar-refractivity contribution in [2.75, 3.05) is 6.61 Å². The second-order valence-corrected chi connectivity index (χ2v) is 4.77. The third-order valence-corrected chi connectivity index (χ3v) is 3.00. The molecule has 3 heteroatoms. The van der Waals surface area contributed by atoms with E-state index in [0.29, 0.717) is 12.1 Å². The first-order chi connectivity index (χ1) is 7.13. The van der Waals surface area contributed by atoms with Crippen molar-refractivity contribution in [2.45, 2.75) is 32.4 Å². The van der Waals surface area contributed by atoms with Crippen molar-refractivity contribution in [3.05, 3.63) is 34.3 Å². The van der Waals surface area contributed by atoms with Gasteiger partial charge in [0.05, 0.1) is 0 Å². The molecule has 0 aliphatic rings. The Morgan fingerprint density at radius 1 is 1.27 bits per heavy atom. The molecule has 2 atom stereocenters. The maximum absolute atomic E-state index is 8.81. The quantitative estimate of drug-likeness (QED) is 0.863. The smallest absolute Gasteiger partial charge is 0.0445 e. The van der Waals surface area contributed by atoms with E-state index in [9.17, 15) is 0 Å². The van der Waals surface area contributed by atoms with E-state index in [0.717, 1.165) is 10.9 Å². The lowest BCUT2D eigenvalue weighted by Gasteiger charge is -2.19. The van der Waals surface area contributed by atoms with Crippen LogP contribution < -0.4 is 5.32 Å². The van der Waals surface area contributed by atoms with Gasteiger partial charge in [-0.15, -0.1) is 0 Å². The first kappa shape index (κ1) is 12.7. The molecule has 1 aromatic carbocycles. The normalized spacial score (nSPS) is 14.9. The largest absolute Gasteiger partial charge is 0.396 e. The van der Waals surface area contributed by atoms with Crippen LogP contribution in [0.2, 0.25) is 0 Å². The molecule has 1 aromatic rings. The topological polar surface area (TPSA) is 32.3 Å². The Labute approximate surface area is 99.8 Å². The summed E-state index contributed by atoms with van der Waals surface area (Å²) in [5.74, 6) is 0. The monoisotopic (exact) mass is 271 g/mol. The predicted molar refractivity (Wildman–Crippen MR) is 66.9 cm³/mol. The van der Waals surface area contributed by atoms with Crippen LogP contribution in [0.25, 0.3) is 0 Å². The minimum atomic E-state index is 0.237. The number of hydrogen-bond acceptors (Lipinski definition) is 2. The Balaban J connectivity index is 2.53. The molecule has 0 bridgehead atoms. The van der Waals surface area contributed by atoms with E-state index in [1.54, 1.807) is 0 Å². The van der Waals surface area contributed by atoms with Gasteiger partial charge in [0.2, 0.25) is 0 Å². The molecule has 0 aliphatic heterocycles. The van der Waals surface area contributed by atoms with Gasteiger partial charge in [-0.1, -0.05) is 28.1 Å². The third-order valence-electron chi connectivity index (χ3n) is 2.47. The molecule has 0 aliphatic carbocycles. The molecule has 0 heterocycles. The molecule has 2 N–H and O–H groups in total. The van der Waals surface area contributed by atoms with E-state index < -0.39 is 0 Å². The number of aliphatic hydroxyl groups is 1. The molecular weight excluding hydrogens is 254 g/mol. The SMILES string of the molecule is CC(CCO)NC(C)c1ccc(Br)cc1. The Kier molecular flexibility index (Phi) is 5.29. The van der Waals surface area contributed by atoms with Crippen LogP contribution in [0.5, 0.6) is 0 Å². The summed E-state index contributed by atoms with van der Waals surface area (Å²) >= 11 is 3.42. The van der Waals surface area contributed by atoms with E-state index >= 15 is 0 Å². The van der Waals surface area contributed by atoms with Crippen LogP contribution in [0.4, 0.5) is 0 Å². The Morgan fingerprint density at radius 2 is 1.87 bits per heavy atom. The van der Waals surface area contributed by atoms with Crippen molar-refractivity contribution >= 4 is 15.9 Å². The Morgan fingerprint density at radius 3 is 2.40 bits per heavy atom. The number of benzene rings is 1. The molecule has 0 fully saturated rings. The summed E-state index contributed by atoms with van der Waals surface area (Å²) in [5, 5.41) is 12.3. The van der Waals surface area contributed by atoms with E-state index in [4.69, 9.17) is 5.11 Å². The summed E-state index contributed by atoms with van der Waals surface area (Å²) in [6.45, 7) is 4.46. The van der Waals surface area contributed by atoms with Crippen molar-refractivity contribution in [2.24, 2.45) is 0 Å². The van der Waals surface area contributed by atoms with E-state index in [-0.39, 0.29) is 6.61 Å². The second kappa shape index (κ2) is 6.26. The van der Waals surface area contributed by atoms with Crippen molar-refractivity contribution in [1.82, 2.24) is 5.32 Å². The predicted octanol–water partition coefficient (Wildman–Crippen LogP) is 2.87. The highest BCUT2D eigenvalue weighted by molar-refractivity contribution is 9.10. The number of aliphatic hydroxyl groups excluding tert-OH is 1. The van der Waals surface area contributed by atoms with Crippen molar-refractivity contribution in [3.8, 4) is 0 Å². The number of halogens is 1. The van der Waals surface area contributed by atoms with Gasteiger partial charge < -0.3 is 10.4 Å². The molecule has 1 rings (SSSR count). The Bertz CT molecular complexity index is 286. The summed E-state index contributed by atoms with van der Waals surface area (Å²) in [5.41, 5.74) is 1.27. The summed E-state index contributed by atoms with van der Waals surface area (Å²) in [6, 6.07) is 8.96. The highest BCUT2D eigenvalue weighted by Gasteiger charge is 2.08. The van der Waals surface area contributed by atoms with Crippen molar-refractivity contribution in [3.63, 3.8) is 0 Å². The lowest BCUT2D eigenvalue weighted by Crippen LogP contribution is -2.29. The Hall–Kier alpha value is -0.380.